The van der Waals surface area contributed by atoms with Crippen LogP contribution in [-0.2, 0) is 4.79 Å². The van der Waals surface area contributed by atoms with Crippen molar-refractivity contribution in [1.82, 2.24) is 6.15 Å². The van der Waals surface area contributed by atoms with Crippen molar-refractivity contribution < 1.29 is 4.79 Å². The van der Waals surface area contributed by atoms with Crippen LogP contribution in [0.4, 0.5) is 0 Å². The highest BCUT2D eigenvalue weighted by molar-refractivity contribution is 14.1. The van der Waals surface area contributed by atoms with Crippen molar-refractivity contribution >= 4 is 26.4 Å². The van der Waals surface area contributed by atoms with Gasteiger partial charge in [-0.05, 0) is 29.0 Å². The Labute approximate surface area is 63.8 Å². The number of rotatable bonds is 3. The molecule has 0 aliphatic carbocycles. The zero-order chi connectivity index (χ0) is 5.70. The highest BCUT2D eigenvalue weighted by Gasteiger charge is 1.89. The van der Waals surface area contributed by atoms with E-state index in [1.54, 1.807) is 0 Å². The quantitative estimate of drug-likeness (QED) is 0.596. The minimum absolute atomic E-state index is 0. The van der Waals surface area contributed by atoms with Gasteiger partial charge in [0, 0.05) is 6.42 Å². The van der Waals surface area contributed by atoms with E-state index < -0.39 is 0 Å². The molecule has 0 radical (unpaired) electrons. The molecule has 0 aromatic heterocycles. The molecule has 0 saturated heterocycles. The second kappa shape index (κ2) is 7.36. The van der Waals surface area contributed by atoms with E-state index in [-0.39, 0.29) is 9.94 Å². The maximum absolute atomic E-state index is 10.2. The average molecular weight is 229 g/mol. The fourth-order valence-corrected chi connectivity index (χ4v) is 0.697. The first kappa shape index (κ1) is 11.2. The van der Waals surface area contributed by atoms with E-state index in [1.807, 2.05) is 22.6 Å². The molecule has 0 aromatic rings. The summed E-state index contributed by atoms with van der Waals surface area (Å²) in [7, 11) is 0. The van der Waals surface area contributed by atoms with E-state index in [0.717, 1.165) is 19.3 Å². The molecule has 0 bridgehead atoms. The van der Waals surface area contributed by atoms with Crippen LogP contribution in [0, 0.1) is 0 Å². The Kier molecular flexibility index (Phi) is 10.3. The van der Waals surface area contributed by atoms with Gasteiger partial charge in [0.25, 0.3) is 0 Å². The lowest BCUT2D eigenvalue weighted by atomic mass is 10.3. The molecule has 0 spiro atoms. The fourth-order valence-electron chi connectivity index (χ4n) is 0.316. The van der Waals surface area contributed by atoms with Gasteiger partial charge in [0.2, 0.25) is 0 Å². The number of carbonyl (C=O) groups excluding carboxylic acids is 1. The van der Waals surface area contributed by atoms with Gasteiger partial charge in [0.15, 0.2) is 3.79 Å². The van der Waals surface area contributed by atoms with Gasteiger partial charge >= 0.3 is 0 Å². The average Bonchev–Trinajstić information content (AvgIpc) is 1.61. The molecule has 0 aliphatic rings. The largest absolute Gasteiger partial charge is 0.344 e. The standard InChI is InChI=1S/C5H9IO.H3N/c1-2-3-4-5(6)7;/h2-4H2,1H3;1H3. The van der Waals surface area contributed by atoms with E-state index in [9.17, 15) is 4.79 Å². The first-order chi connectivity index (χ1) is 3.27. The van der Waals surface area contributed by atoms with E-state index in [0.29, 0.717) is 0 Å². The molecule has 0 fully saturated rings. The van der Waals surface area contributed by atoms with Gasteiger partial charge in [-0.3, -0.25) is 4.79 Å². The molecule has 0 atom stereocenters. The number of unbranched alkanes of at least 4 members (excludes halogenated alkanes) is 1. The van der Waals surface area contributed by atoms with Crippen LogP contribution in [0.25, 0.3) is 0 Å². The molecule has 0 aliphatic heterocycles. The van der Waals surface area contributed by atoms with Crippen molar-refractivity contribution in [2.45, 2.75) is 26.2 Å². The third-order valence-corrected chi connectivity index (χ3v) is 1.27. The van der Waals surface area contributed by atoms with Gasteiger partial charge in [-0.25, -0.2) is 0 Å². The van der Waals surface area contributed by atoms with Crippen molar-refractivity contribution in [3.63, 3.8) is 0 Å². The molecule has 50 valence electrons. The second-order valence-corrected chi connectivity index (χ2v) is 2.66. The van der Waals surface area contributed by atoms with E-state index in [4.69, 9.17) is 0 Å². The monoisotopic (exact) mass is 229 g/mol. The van der Waals surface area contributed by atoms with Crippen molar-refractivity contribution in [2.75, 3.05) is 0 Å². The van der Waals surface area contributed by atoms with Crippen LogP contribution in [0.2, 0.25) is 0 Å². The molecular weight excluding hydrogens is 217 g/mol. The summed E-state index contributed by atoms with van der Waals surface area (Å²) in [6.45, 7) is 2.08. The fraction of sp³-hybridized carbons (Fsp3) is 0.800. The third-order valence-electron chi connectivity index (χ3n) is 0.727. The zero-order valence-electron chi connectivity index (χ0n) is 5.11. The number of hydrogen-bond acceptors (Lipinski definition) is 2. The van der Waals surface area contributed by atoms with Crippen molar-refractivity contribution in [3.05, 3.63) is 0 Å². The van der Waals surface area contributed by atoms with E-state index in [1.165, 1.54) is 0 Å². The summed E-state index contributed by atoms with van der Waals surface area (Å²) >= 11 is 1.83. The van der Waals surface area contributed by atoms with Crippen molar-refractivity contribution in [3.8, 4) is 0 Å². The minimum atomic E-state index is 0. The number of carbonyl (C=O) groups is 1. The first-order valence-electron chi connectivity index (χ1n) is 2.45. The Morgan fingerprint density at radius 3 is 2.25 bits per heavy atom. The van der Waals surface area contributed by atoms with Gasteiger partial charge < -0.3 is 6.15 Å². The normalized spacial score (nSPS) is 7.75. The summed E-state index contributed by atoms with van der Waals surface area (Å²) in [5.41, 5.74) is 0. The Balaban J connectivity index is 0. The number of halogens is 1. The van der Waals surface area contributed by atoms with Crippen LogP contribution in [0.5, 0.6) is 0 Å². The molecular formula is C5H12INO. The highest BCUT2D eigenvalue weighted by atomic mass is 127. The molecule has 3 N–H and O–H groups in total. The lowest BCUT2D eigenvalue weighted by Crippen LogP contribution is -1.81. The molecule has 0 amide bonds. The Morgan fingerprint density at radius 1 is 1.62 bits per heavy atom. The summed E-state index contributed by atoms with van der Waals surface area (Å²) < 4.78 is 0.277. The van der Waals surface area contributed by atoms with Gasteiger partial charge in [0.05, 0.1) is 0 Å². The van der Waals surface area contributed by atoms with Crippen LogP contribution >= 0.6 is 22.6 Å². The molecule has 2 nitrogen and oxygen atoms in total. The van der Waals surface area contributed by atoms with Crippen LogP contribution in [0.1, 0.15) is 26.2 Å². The van der Waals surface area contributed by atoms with Crippen LogP contribution in [0.3, 0.4) is 0 Å². The summed E-state index contributed by atoms with van der Waals surface area (Å²) in [5, 5.41) is 0. The van der Waals surface area contributed by atoms with Crippen LogP contribution in [0.15, 0.2) is 0 Å². The van der Waals surface area contributed by atoms with Gasteiger partial charge in [-0.15, -0.1) is 0 Å². The molecule has 0 unspecified atom stereocenters. The molecule has 3 heteroatoms. The summed E-state index contributed by atoms with van der Waals surface area (Å²) in [6, 6.07) is 0. The first-order valence-corrected chi connectivity index (χ1v) is 3.53. The summed E-state index contributed by atoms with van der Waals surface area (Å²) in [5.74, 6) is 0. The Bertz CT molecular complexity index is 65.4. The summed E-state index contributed by atoms with van der Waals surface area (Å²) in [6.07, 6.45) is 2.91. The molecule has 0 rings (SSSR count). The topological polar surface area (TPSA) is 52.1 Å². The smallest absolute Gasteiger partial charge is 0.192 e. The maximum Gasteiger partial charge on any atom is 0.192 e. The van der Waals surface area contributed by atoms with Crippen LogP contribution in [-0.4, -0.2) is 3.79 Å². The SMILES string of the molecule is CCCCC(=O)I.N. The van der Waals surface area contributed by atoms with E-state index >= 15 is 0 Å². The predicted molar refractivity (Wildman–Crippen MR) is 43.6 cm³/mol. The lowest BCUT2D eigenvalue weighted by Gasteiger charge is -1.85. The van der Waals surface area contributed by atoms with Gasteiger partial charge in [-0.1, -0.05) is 13.3 Å². The highest BCUT2D eigenvalue weighted by Crippen LogP contribution is 1.99. The van der Waals surface area contributed by atoms with Gasteiger partial charge in [0.1, 0.15) is 0 Å². The van der Waals surface area contributed by atoms with E-state index in [2.05, 4.69) is 6.92 Å². The third kappa shape index (κ3) is 9.61. The predicted octanol–water partition coefficient (Wildman–Crippen LogP) is 2.30. The second-order valence-electron chi connectivity index (χ2n) is 1.46. The zero-order valence-corrected chi connectivity index (χ0v) is 7.27. The Morgan fingerprint density at radius 2 is 2.12 bits per heavy atom. The molecule has 0 heterocycles. The lowest BCUT2D eigenvalue weighted by molar-refractivity contribution is -0.109. The molecule has 0 aromatic carbocycles. The van der Waals surface area contributed by atoms with Crippen molar-refractivity contribution in [1.29, 1.82) is 0 Å². The number of hydrogen-bond donors (Lipinski definition) is 1. The Hall–Kier alpha value is 0.360. The van der Waals surface area contributed by atoms with Crippen LogP contribution < -0.4 is 6.15 Å². The minimum Gasteiger partial charge on any atom is -0.344 e. The summed E-state index contributed by atoms with van der Waals surface area (Å²) in [4.78, 5) is 10.2. The van der Waals surface area contributed by atoms with Gasteiger partial charge in [-0.2, -0.15) is 0 Å². The maximum atomic E-state index is 10.2. The molecule has 0 saturated carbocycles. The molecule has 8 heavy (non-hydrogen) atoms. The van der Waals surface area contributed by atoms with Crippen molar-refractivity contribution in [2.24, 2.45) is 0 Å².